The van der Waals surface area contributed by atoms with Crippen molar-refractivity contribution in [1.82, 2.24) is 0 Å². The molecular weight excluding hydrogens is 416 g/mol. The molecule has 0 aliphatic rings. The Hall–Kier alpha value is -2.66. The first kappa shape index (κ1) is 26.6. The lowest BCUT2D eigenvalue weighted by Crippen LogP contribution is -2.27. The van der Waals surface area contributed by atoms with Crippen LogP contribution in [0.5, 0.6) is 11.5 Å². The van der Waals surface area contributed by atoms with Gasteiger partial charge in [0.2, 0.25) is 0 Å². The zero-order chi connectivity index (χ0) is 24.8. The Kier molecular flexibility index (Phi) is 8.84. The monoisotopic (exact) mass is 454 g/mol. The number of hydrogen-bond donors (Lipinski definition) is 1. The average Bonchev–Trinajstić information content (AvgIpc) is 2.78. The molecule has 2 aromatic rings. The maximum absolute atomic E-state index is 12.2. The van der Waals surface area contributed by atoms with Crippen molar-refractivity contribution in [1.29, 1.82) is 0 Å². The van der Waals surface area contributed by atoms with E-state index in [-0.39, 0.29) is 30.2 Å². The number of aliphatic hydroxyl groups is 1. The smallest absolute Gasteiger partial charge is 0.195 e. The number of carbonyl (C=O) groups excluding carboxylic acids is 2. The third kappa shape index (κ3) is 6.23. The van der Waals surface area contributed by atoms with Crippen molar-refractivity contribution in [3.8, 4) is 11.5 Å². The minimum absolute atomic E-state index is 0.0653. The molecule has 0 bridgehead atoms. The van der Waals surface area contributed by atoms with Crippen molar-refractivity contribution in [3.05, 3.63) is 58.7 Å². The highest BCUT2D eigenvalue weighted by molar-refractivity contribution is 5.85. The number of aliphatic hydroxyl groups excluding tert-OH is 1. The summed E-state index contributed by atoms with van der Waals surface area (Å²) in [5, 5.41) is 8.91. The van der Waals surface area contributed by atoms with E-state index in [0.29, 0.717) is 5.75 Å². The predicted molar refractivity (Wildman–Crippen MR) is 131 cm³/mol. The number of ether oxygens (including phenoxy) is 2. The Morgan fingerprint density at radius 2 is 1.27 bits per heavy atom. The van der Waals surface area contributed by atoms with Crippen LogP contribution in [0.4, 0.5) is 0 Å². The molecule has 0 amide bonds. The van der Waals surface area contributed by atoms with Crippen LogP contribution in [0.1, 0.15) is 69.7 Å². The summed E-state index contributed by atoms with van der Waals surface area (Å²) in [6, 6.07) is 12.3. The van der Waals surface area contributed by atoms with Gasteiger partial charge in [-0.15, -0.1) is 0 Å². The van der Waals surface area contributed by atoms with Crippen LogP contribution in [0.3, 0.4) is 0 Å². The van der Waals surface area contributed by atoms with E-state index in [4.69, 9.17) is 14.6 Å². The number of rotatable bonds is 11. The average molecular weight is 455 g/mol. The lowest BCUT2D eigenvalue weighted by Gasteiger charge is -2.34. The summed E-state index contributed by atoms with van der Waals surface area (Å²) in [5.74, 6) is 1.09. The highest BCUT2D eigenvalue weighted by atomic mass is 16.5. The third-order valence-electron chi connectivity index (χ3n) is 6.42. The molecule has 1 N–H and O–H groups in total. The molecule has 0 aromatic heterocycles. The quantitative estimate of drug-likeness (QED) is 0.496. The molecule has 0 spiro atoms. The van der Waals surface area contributed by atoms with Crippen LogP contribution in [-0.4, -0.2) is 36.5 Å². The fourth-order valence-corrected chi connectivity index (χ4v) is 4.01. The molecular formula is C28H38O5. The maximum Gasteiger partial charge on any atom is 0.195 e. The number of aryl methyl sites for hydroxylation is 2. The van der Waals surface area contributed by atoms with Gasteiger partial charge in [0.1, 0.15) is 31.3 Å². The van der Waals surface area contributed by atoms with E-state index in [1.807, 2.05) is 46.8 Å². The second-order valence-corrected chi connectivity index (χ2v) is 9.70. The van der Waals surface area contributed by atoms with Gasteiger partial charge in [-0.25, -0.2) is 0 Å². The Morgan fingerprint density at radius 3 is 1.64 bits per heavy atom. The first-order valence-corrected chi connectivity index (χ1v) is 11.6. The van der Waals surface area contributed by atoms with Gasteiger partial charge in [-0.1, -0.05) is 58.9 Å². The van der Waals surface area contributed by atoms with Gasteiger partial charge in [-0.05, 0) is 61.1 Å². The highest BCUT2D eigenvalue weighted by Gasteiger charge is 2.32. The van der Waals surface area contributed by atoms with Crippen LogP contribution in [0.25, 0.3) is 0 Å². The summed E-state index contributed by atoms with van der Waals surface area (Å²) in [6.45, 7) is 13.4. The number of benzene rings is 2. The van der Waals surface area contributed by atoms with Crippen molar-refractivity contribution < 1.29 is 24.2 Å². The molecule has 0 atom stereocenters. The van der Waals surface area contributed by atoms with E-state index in [0.717, 1.165) is 29.7 Å². The summed E-state index contributed by atoms with van der Waals surface area (Å²) in [4.78, 5) is 23.6. The summed E-state index contributed by atoms with van der Waals surface area (Å²) in [6.07, 6.45) is 1.82. The molecule has 180 valence electrons. The van der Waals surface area contributed by atoms with Gasteiger partial charge in [-0.2, -0.15) is 0 Å². The first-order chi connectivity index (χ1) is 15.5. The Bertz CT molecular complexity index is 980. The predicted octanol–water partition coefficient (Wildman–Crippen LogP) is 5.34. The molecule has 33 heavy (non-hydrogen) atoms. The van der Waals surface area contributed by atoms with Crippen molar-refractivity contribution in [3.63, 3.8) is 0 Å². The zero-order valence-electron chi connectivity index (χ0n) is 21.1. The van der Waals surface area contributed by atoms with Crippen LogP contribution >= 0.6 is 0 Å². The lowest BCUT2D eigenvalue weighted by molar-refractivity contribution is -0.128. The van der Waals surface area contributed by atoms with E-state index < -0.39 is 12.0 Å². The first-order valence-electron chi connectivity index (χ1n) is 11.6. The highest BCUT2D eigenvalue weighted by Crippen LogP contribution is 2.41. The number of ketones is 2. The van der Waals surface area contributed by atoms with Crippen LogP contribution in [-0.2, 0) is 15.0 Å². The van der Waals surface area contributed by atoms with E-state index in [2.05, 4.69) is 38.1 Å². The molecule has 5 nitrogen and oxygen atoms in total. The largest absolute Gasteiger partial charge is 0.486 e. The molecule has 0 fully saturated rings. The fourth-order valence-electron chi connectivity index (χ4n) is 4.01. The van der Waals surface area contributed by atoms with Crippen molar-refractivity contribution in [2.45, 2.75) is 66.7 Å². The minimum Gasteiger partial charge on any atom is -0.486 e. The maximum atomic E-state index is 12.2. The van der Waals surface area contributed by atoms with Crippen LogP contribution in [0, 0.1) is 19.3 Å². The molecule has 0 unspecified atom stereocenters. The summed E-state index contributed by atoms with van der Waals surface area (Å²) in [7, 11) is 0. The van der Waals surface area contributed by atoms with Crippen molar-refractivity contribution >= 4 is 11.6 Å². The fraction of sp³-hybridized carbons (Fsp3) is 0.500. The summed E-state index contributed by atoms with van der Waals surface area (Å²) >= 11 is 0. The molecule has 0 aliphatic carbocycles. The summed E-state index contributed by atoms with van der Waals surface area (Å²) < 4.78 is 11.4. The lowest BCUT2D eigenvalue weighted by atomic mass is 9.70. The molecule has 2 aromatic carbocycles. The molecule has 0 radical (unpaired) electrons. The topological polar surface area (TPSA) is 72.8 Å². The van der Waals surface area contributed by atoms with Crippen LogP contribution < -0.4 is 9.47 Å². The molecule has 0 heterocycles. The van der Waals surface area contributed by atoms with Gasteiger partial charge in [0.05, 0.1) is 0 Å². The third-order valence-corrected chi connectivity index (χ3v) is 6.42. The Balaban J connectivity index is 2.33. The van der Waals surface area contributed by atoms with Gasteiger partial charge < -0.3 is 14.6 Å². The zero-order valence-corrected chi connectivity index (χ0v) is 21.1. The van der Waals surface area contributed by atoms with Gasteiger partial charge in [-0.3, -0.25) is 9.59 Å². The SMILES string of the molecule is CCC(CC)(c1ccc(OCC(=O)CO)c(C)c1)c1ccc(OCC(=O)C(C)(C)C)c(C)c1. The van der Waals surface area contributed by atoms with Crippen LogP contribution in [0.15, 0.2) is 36.4 Å². The molecule has 0 saturated heterocycles. The van der Waals surface area contributed by atoms with Gasteiger partial charge in [0.15, 0.2) is 11.6 Å². The molecule has 5 heteroatoms. The van der Waals surface area contributed by atoms with Crippen molar-refractivity contribution in [2.75, 3.05) is 19.8 Å². The van der Waals surface area contributed by atoms with E-state index in [9.17, 15) is 9.59 Å². The van der Waals surface area contributed by atoms with Crippen LogP contribution in [0.2, 0.25) is 0 Å². The second kappa shape index (κ2) is 11.0. The van der Waals surface area contributed by atoms with E-state index in [1.165, 1.54) is 11.1 Å². The van der Waals surface area contributed by atoms with Crippen molar-refractivity contribution in [2.24, 2.45) is 5.41 Å². The molecule has 0 aliphatic heterocycles. The normalized spacial score (nSPS) is 11.9. The van der Waals surface area contributed by atoms with Gasteiger partial charge in [0.25, 0.3) is 0 Å². The standard InChI is InChI=1S/C28H38O5/c1-8-28(9-2,21-10-12-24(19(3)14-21)32-17-23(30)16-29)22-11-13-25(20(4)15-22)33-18-26(31)27(5,6)7/h10-15,29H,8-9,16-18H2,1-7H3. The summed E-state index contributed by atoms with van der Waals surface area (Å²) in [5.41, 5.74) is 3.72. The second-order valence-electron chi connectivity index (χ2n) is 9.70. The minimum atomic E-state index is -0.519. The number of carbonyl (C=O) groups is 2. The number of hydrogen-bond acceptors (Lipinski definition) is 5. The van der Waals surface area contributed by atoms with Gasteiger partial charge in [0, 0.05) is 10.8 Å². The molecule has 0 saturated carbocycles. The van der Waals surface area contributed by atoms with E-state index >= 15 is 0 Å². The Labute approximate surface area is 198 Å². The van der Waals surface area contributed by atoms with Gasteiger partial charge >= 0.3 is 0 Å². The number of Topliss-reactive ketones (excluding diaryl/α,β-unsaturated/α-hetero) is 2. The Morgan fingerprint density at radius 1 is 0.818 bits per heavy atom. The van der Waals surface area contributed by atoms with E-state index in [1.54, 1.807) is 0 Å². The molecule has 2 rings (SSSR count).